The molecule has 0 spiro atoms. The highest BCUT2D eigenvalue weighted by Crippen LogP contribution is 2.21. The molecule has 1 heterocycles. The molecule has 7 nitrogen and oxygen atoms in total. The minimum atomic E-state index is -0.474. The maximum atomic E-state index is 10.8. The third kappa shape index (κ3) is 4.54. The minimum absolute atomic E-state index is 0.0487. The minimum Gasteiger partial charge on any atom is -0.475 e. The number of nitro groups is 1. The Hall–Kier alpha value is -1.89. The van der Waals surface area contributed by atoms with Gasteiger partial charge in [0.2, 0.25) is 5.88 Å². The Morgan fingerprint density at radius 1 is 1.39 bits per heavy atom. The molecule has 0 saturated heterocycles. The maximum Gasteiger partial charge on any atom is 0.278 e. The molecule has 7 heteroatoms. The van der Waals surface area contributed by atoms with Crippen molar-refractivity contribution in [3.8, 4) is 5.88 Å². The van der Waals surface area contributed by atoms with Crippen LogP contribution in [0.2, 0.25) is 0 Å². The molecule has 1 aromatic rings. The third-order valence-corrected chi connectivity index (χ3v) is 2.04. The van der Waals surface area contributed by atoms with Crippen LogP contribution in [-0.2, 0) is 4.74 Å². The first kappa shape index (κ1) is 14.2. The van der Waals surface area contributed by atoms with E-state index in [9.17, 15) is 10.1 Å². The van der Waals surface area contributed by atoms with E-state index in [4.69, 9.17) is 9.47 Å². The lowest BCUT2D eigenvalue weighted by Gasteiger charge is -2.08. The highest BCUT2D eigenvalue weighted by Gasteiger charge is 2.11. The van der Waals surface area contributed by atoms with E-state index < -0.39 is 4.92 Å². The van der Waals surface area contributed by atoms with Gasteiger partial charge in [0, 0.05) is 13.2 Å². The first-order valence-corrected chi connectivity index (χ1v) is 5.78. The molecule has 1 N–H and O–H groups in total. The molecule has 0 fully saturated rings. The van der Waals surface area contributed by atoms with E-state index in [0.29, 0.717) is 32.2 Å². The fourth-order valence-corrected chi connectivity index (χ4v) is 1.29. The fourth-order valence-electron chi connectivity index (χ4n) is 1.29. The molecular weight excluding hydrogens is 238 g/mol. The van der Waals surface area contributed by atoms with Crippen molar-refractivity contribution in [3.63, 3.8) is 0 Å². The van der Waals surface area contributed by atoms with E-state index in [0.717, 1.165) is 0 Å². The highest BCUT2D eigenvalue weighted by molar-refractivity contribution is 5.48. The van der Waals surface area contributed by atoms with Crippen molar-refractivity contribution in [2.45, 2.75) is 13.8 Å². The summed E-state index contributed by atoms with van der Waals surface area (Å²) in [5.41, 5.74) is -0.0487. The molecule has 0 aromatic carbocycles. The van der Waals surface area contributed by atoms with Gasteiger partial charge in [0.25, 0.3) is 5.69 Å². The summed E-state index contributed by atoms with van der Waals surface area (Å²) in [5.74, 6) is 0.651. The largest absolute Gasteiger partial charge is 0.475 e. The molecule has 0 bridgehead atoms. The molecule has 0 atom stereocenters. The van der Waals surface area contributed by atoms with E-state index in [1.54, 1.807) is 0 Å². The number of pyridine rings is 1. The smallest absolute Gasteiger partial charge is 0.278 e. The van der Waals surface area contributed by atoms with Gasteiger partial charge in [0.1, 0.15) is 12.4 Å². The Kier molecular flexibility index (Phi) is 5.86. The third-order valence-electron chi connectivity index (χ3n) is 2.04. The average molecular weight is 255 g/mol. The summed E-state index contributed by atoms with van der Waals surface area (Å²) in [5, 5.41) is 13.7. The Morgan fingerprint density at radius 3 is 2.78 bits per heavy atom. The predicted molar refractivity (Wildman–Crippen MR) is 67.0 cm³/mol. The summed E-state index contributed by atoms with van der Waals surface area (Å²) >= 11 is 0. The lowest BCUT2D eigenvalue weighted by Crippen LogP contribution is -2.08. The highest BCUT2D eigenvalue weighted by atomic mass is 16.6. The summed E-state index contributed by atoms with van der Waals surface area (Å²) in [6.07, 6.45) is 0. The molecule has 0 aliphatic heterocycles. The SMILES string of the molecule is CCNc1cc([N+](=O)[O-])cc(OCCOCC)n1. The quantitative estimate of drug-likeness (QED) is 0.433. The molecule has 100 valence electrons. The fraction of sp³-hybridized carbons (Fsp3) is 0.545. The van der Waals surface area contributed by atoms with Gasteiger partial charge < -0.3 is 14.8 Å². The molecule has 0 unspecified atom stereocenters. The van der Waals surface area contributed by atoms with Gasteiger partial charge in [-0.05, 0) is 13.8 Å². The molecule has 0 saturated carbocycles. The van der Waals surface area contributed by atoms with E-state index in [1.165, 1.54) is 12.1 Å². The molecule has 18 heavy (non-hydrogen) atoms. The lowest BCUT2D eigenvalue weighted by molar-refractivity contribution is -0.384. The standard InChI is InChI=1S/C11H17N3O4/c1-3-12-10-7-9(14(15)16)8-11(13-10)18-6-5-17-4-2/h7-8H,3-6H2,1-2H3,(H,12,13). The number of rotatable bonds is 8. The van der Waals surface area contributed by atoms with Crippen molar-refractivity contribution in [2.24, 2.45) is 0 Å². The van der Waals surface area contributed by atoms with Crippen molar-refractivity contribution in [3.05, 3.63) is 22.2 Å². The molecular formula is C11H17N3O4. The van der Waals surface area contributed by atoms with E-state index in [-0.39, 0.29) is 11.6 Å². The van der Waals surface area contributed by atoms with Crippen molar-refractivity contribution in [1.29, 1.82) is 0 Å². The van der Waals surface area contributed by atoms with Crippen LogP contribution >= 0.6 is 0 Å². The summed E-state index contributed by atoms with van der Waals surface area (Å²) in [6, 6.07) is 2.67. The second-order valence-corrected chi connectivity index (χ2v) is 3.38. The number of hydrogen-bond acceptors (Lipinski definition) is 6. The van der Waals surface area contributed by atoms with Crippen LogP contribution in [-0.4, -0.2) is 36.3 Å². The molecule has 0 aliphatic rings. The van der Waals surface area contributed by atoms with Crippen LogP contribution in [0.15, 0.2) is 12.1 Å². The molecule has 1 rings (SSSR count). The topological polar surface area (TPSA) is 86.5 Å². The lowest BCUT2D eigenvalue weighted by atomic mass is 10.4. The summed E-state index contributed by atoms with van der Waals surface area (Å²) in [6.45, 7) is 5.75. The number of ether oxygens (including phenoxy) is 2. The van der Waals surface area contributed by atoms with Gasteiger partial charge in [-0.25, -0.2) is 0 Å². The Balaban J connectivity index is 2.72. The Bertz CT molecular complexity index is 398. The maximum absolute atomic E-state index is 10.8. The van der Waals surface area contributed by atoms with Crippen molar-refractivity contribution < 1.29 is 14.4 Å². The zero-order valence-electron chi connectivity index (χ0n) is 10.5. The van der Waals surface area contributed by atoms with Gasteiger partial charge in [-0.3, -0.25) is 10.1 Å². The first-order chi connectivity index (χ1) is 8.67. The van der Waals surface area contributed by atoms with E-state index in [1.807, 2.05) is 13.8 Å². The number of nitrogens with one attached hydrogen (secondary N) is 1. The second kappa shape index (κ2) is 7.44. The van der Waals surface area contributed by atoms with Gasteiger partial charge >= 0.3 is 0 Å². The zero-order chi connectivity index (χ0) is 13.4. The monoisotopic (exact) mass is 255 g/mol. The van der Waals surface area contributed by atoms with Crippen LogP contribution in [0, 0.1) is 10.1 Å². The molecule has 0 radical (unpaired) electrons. The second-order valence-electron chi connectivity index (χ2n) is 3.38. The summed E-state index contributed by atoms with van der Waals surface area (Å²) in [4.78, 5) is 14.4. The Labute approximate surface area is 105 Å². The van der Waals surface area contributed by atoms with Crippen LogP contribution in [0.1, 0.15) is 13.8 Å². The first-order valence-electron chi connectivity index (χ1n) is 5.78. The number of hydrogen-bond donors (Lipinski definition) is 1. The van der Waals surface area contributed by atoms with E-state index >= 15 is 0 Å². The summed E-state index contributed by atoms with van der Waals surface area (Å²) < 4.78 is 10.4. The summed E-state index contributed by atoms with van der Waals surface area (Å²) in [7, 11) is 0. The van der Waals surface area contributed by atoms with Gasteiger partial charge in [-0.1, -0.05) is 0 Å². The van der Waals surface area contributed by atoms with Crippen LogP contribution in [0.5, 0.6) is 5.88 Å². The van der Waals surface area contributed by atoms with Gasteiger partial charge in [0.15, 0.2) is 0 Å². The number of nitrogens with zero attached hydrogens (tertiary/aromatic N) is 2. The number of anilines is 1. The van der Waals surface area contributed by atoms with Gasteiger partial charge in [-0.2, -0.15) is 4.98 Å². The predicted octanol–water partition coefficient (Wildman–Crippen LogP) is 1.84. The Morgan fingerprint density at radius 2 is 2.17 bits per heavy atom. The average Bonchev–Trinajstić information content (AvgIpc) is 2.35. The van der Waals surface area contributed by atoms with Gasteiger partial charge in [-0.15, -0.1) is 0 Å². The van der Waals surface area contributed by atoms with Crippen LogP contribution in [0.25, 0.3) is 0 Å². The van der Waals surface area contributed by atoms with Crippen LogP contribution < -0.4 is 10.1 Å². The van der Waals surface area contributed by atoms with Gasteiger partial charge in [0.05, 0.1) is 23.7 Å². The van der Waals surface area contributed by atoms with Crippen LogP contribution in [0.4, 0.5) is 11.5 Å². The van der Waals surface area contributed by atoms with E-state index in [2.05, 4.69) is 10.3 Å². The normalized spacial score (nSPS) is 10.1. The van der Waals surface area contributed by atoms with Crippen molar-refractivity contribution in [1.82, 2.24) is 4.98 Å². The zero-order valence-corrected chi connectivity index (χ0v) is 10.5. The van der Waals surface area contributed by atoms with Crippen molar-refractivity contribution in [2.75, 3.05) is 31.7 Å². The molecule has 0 amide bonds. The number of aromatic nitrogens is 1. The van der Waals surface area contributed by atoms with Crippen LogP contribution in [0.3, 0.4) is 0 Å². The molecule has 1 aromatic heterocycles. The van der Waals surface area contributed by atoms with Crippen molar-refractivity contribution >= 4 is 11.5 Å². The molecule has 0 aliphatic carbocycles.